The van der Waals surface area contributed by atoms with Gasteiger partial charge in [-0.2, -0.15) is 5.10 Å². The van der Waals surface area contributed by atoms with E-state index in [1.54, 1.807) is 12.1 Å². The number of hydrogen-bond donors (Lipinski definition) is 2. The monoisotopic (exact) mass is 607 g/mol. The lowest BCUT2D eigenvalue weighted by Crippen LogP contribution is -2.20. The van der Waals surface area contributed by atoms with Gasteiger partial charge in [0.15, 0.2) is 22.5 Å². The Bertz CT molecular complexity index is 1490. The predicted octanol–water partition coefficient (Wildman–Crippen LogP) is 6.26. The number of carbonyl (C=O) groups is 1. The topological polar surface area (TPSA) is 102 Å². The summed E-state index contributed by atoms with van der Waals surface area (Å²) < 4.78 is 7.57. The number of hydrogen-bond acceptors (Lipinski definition) is 7. The molecule has 0 fully saturated rings. The lowest BCUT2D eigenvalue weighted by molar-refractivity contribution is -0.118. The largest absolute Gasteiger partial charge is 0.503 e. The second-order valence-corrected chi connectivity index (χ2v) is 11.7. The van der Waals surface area contributed by atoms with Gasteiger partial charge in [0.1, 0.15) is 0 Å². The molecule has 0 bridgehead atoms. The zero-order valence-corrected chi connectivity index (χ0v) is 24.8. The van der Waals surface area contributed by atoms with Gasteiger partial charge in [0, 0.05) is 11.3 Å². The SMILES string of the molecule is COc1cc(/C=N\NC(=O)CSc2nnc(-c3ccc(C(C)(C)C)cc3)n2-c2ccc(C)cc2)cc(Br)c1O. The fourth-order valence-electron chi connectivity index (χ4n) is 3.76. The molecule has 0 aliphatic rings. The van der Waals surface area contributed by atoms with Gasteiger partial charge in [-0.25, -0.2) is 5.43 Å². The highest BCUT2D eigenvalue weighted by Crippen LogP contribution is 2.35. The van der Waals surface area contributed by atoms with Crippen molar-refractivity contribution >= 4 is 39.8 Å². The number of aryl methyl sites for hydroxylation is 1. The van der Waals surface area contributed by atoms with E-state index in [4.69, 9.17) is 4.74 Å². The van der Waals surface area contributed by atoms with E-state index < -0.39 is 0 Å². The number of hydrazone groups is 1. The van der Waals surface area contributed by atoms with Crippen LogP contribution in [0, 0.1) is 6.92 Å². The molecule has 0 atom stereocenters. The van der Waals surface area contributed by atoms with Crippen molar-refractivity contribution in [3.05, 3.63) is 81.8 Å². The molecule has 4 rings (SSSR count). The molecule has 1 amide bonds. The molecule has 202 valence electrons. The number of halogens is 1. The van der Waals surface area contributed by atoms with Crippen LogP contribution >= 0.6 is 27.7 Å². The van der Waals surface area contributed by atoms with Crippen molar-refractivity contribution in [2.75, 3.05) is 12.9 Å². The summed E-state index contributed by atoms with van der Waals surface area (Å²) in [5.74, 6) is 0.791. The van der Waals surface area contributed by atoms with Crippen LogP contribution in [-0.4, -0.2) is 44.9 Å². The molecule has 4 aromatic rings. The molecule has 3 aromatic carbocycles. The maximum atomic E-state index is 12.6. The number of methoxy groups -OCH3 is 1. The second kappa shape index (κ2) is 12.0. The highest BCUT2D eigenvalue weighted by Gasteiger charge is 2.19. The Kier molecular flexibility index (Phi) is 8.76. The van der Waals surface area contributed by atoms with Crippen LogP contribution in [0.5, 0.6) is 11.5 Å². The summed E-state index contributed by atoms with van der Waals surface area (Å²) in [4.78, 5) is 12.6. The Morgan fingerprint density at radius 2 is 1.82 bits per heavy atom. The van der Waals surface area contributed by atoms with Gasteiger partial charge in [-0.05, 0) is 63.7 Å². The summed E-state index contributed by atoms with van der Waals surface area (Å²) in [5.41, 5.74) is 7.45. The number of nitrogens with zero attached hydrogens (tertiary/aromatic N) is 4. The fraction of sp³-hybridized carbons (Fsp3) is 0.241. The number of amides is 1. The number of nitrogens with one attached hydrogen (secondary N) is 1. The molecule has 0 radical (unpaired) electrons. The number of rotatable bonds is 8. The first kappa shape index (κ1) is 28.4. The van der Waals surface area contributed by atoms with Crippen LogP contribution in [0.4, 0.5) is 0 Å². The smallest absolute Gasteiger partial charge is 0.250 e. The van der Waals surface area contributed by atoms with E-state index >= 15 is 0 Å². The third-order valence-corrected chi connectivity index (χ3v) is 7.47. The average molecular weight is 609 g/mol. The number of thioether (sulfide) groups is 1. The molecule has 2 N–H and O–H groups in total. The van der Waals surface area contributed by atoms with Crippen LogP contribution in [0.25, 0.3) is 17.1 Å². The van der Waals surface area contributed by atoms with Gasteiger partial charge < -0.3 is 9.84 Å². The highest BCUT2D eigenvalue weighted by atomic mass is 79.9. The van der Waals surface area contributed by atoms with Gasteiger partial charge in [-0.1, -0.05) is 74.5 Å². The van der Waals surface area contributed by atoms with E-state index in [9.17, 15) is 9.90 Å². The van der Waals surface area contributed by atoms with Gasteiger partial charge in [0.25, 0.3) is 5.91 Å². The lowest BCUT2D eigenvalue weighted by atomic mass is 9.87. The maximum absolute atomic E-state index is 12.6. The standard InChI is InChI=1S/C29H30BrN5O3S/c1-18-6-12-22(13-7-18)35-27(20-8-10-21(11-9-20)29(2,3)4)33-34-28(35)39-17-25(36)32-31-16-19-14-23(30)26(37)24(15-19)38-5/h6-16,37H,17H2,1-5H3,(H,32,36)/b31-16-. The summed E-state index contributed by atoms with van der Waals surface area (Å²) in [6, 6.07) is 19.7. The summed E-state index contributed by atoms with van der Waals surface area (Å²) in [7, 11) is 1.46. The minimum Gasteiger partial charge on any atom is -0.503 e. The summed E-state index contributed by atoms with van der Waals surface area (Å²) in [6.07, 6.45) is 1.48. The van der Waals surface area contributed by atoms with Gasteiger partial charge in [-0.3, -0.25) is 9.36 Å². The predicted molar refractivity (Wildman–Crippen MR) is 159 cm³/mol. The number of carbonyl (C=O) groups excluding carboxylic acids is 1. The maximum Gasteiger partial charge on any atom is 0.250 e. The summed E-state index contributed by atoms with van der Waals surface area (Å²) >= 11 is 4.55. The van der Waals surface area contributed by atoms with E-state index in [2.05, 4.69) is 81.7 Å². The molecular weight excluding hydrogens is 578 g/mol. The minimum atomic E-state index is -0.296. The Hall–Kier alpha value is -3.63. The number of phenols is 1. The number of benzene rings is 3. The van der Waals surface area contributed by atoms with Crippen molar-refractivity contribution in [2.24, 2.45) is 5.10 Å². The Labute approximate surface area is 240 Å². The Morgan fingerprint density at radius 3 is 2.46 bits per heavy atom. The zero-order valence-electron chi connectivity index (χ0n) is 22.4. The average Bonchev–Trinajstić information content (AvgIpc) is 3.33. The van der Waals surface area contributed by atoms with Crippen LogP contribution in [0.3, 0.4) is 0 Å². The molecule has 39 heavy (non-hydrogen) atoms. The molecule has 10 heteroatoms. The third kappa shape index (κ3) is 6.88. The zero-order chi connectivity index (χ0) is 28.2. The van der Waals surface area contributed by atoms with E-state index in [1.165, 1.54) is 30.6 Å². The summed E-state index contributed by atoms with van der Waals surface area (Å²) in [6.45, 7) is 8.58. The quantitative estimate of drug-likeness (QED) is 0.139. The van der Waals surface area contributed by atoms with Crippen LogP contribution in [0.15, 0.2) is 75.4 Å². The number of aromatic hydroxyl groups is 1. The Morgan fingerprint density at radius 1 is 1.13 bits per heavy atom. The molecule has 8 nitrogen and oxygen atoms in total. The second-order valence-electron chi connectivity index (χ2n) is 9.94. The molecular formula is C29H30BrN5O3S. The van der Waals surface area contributed by atoms with Crippen molar-refractivity contribution in [1.82, 2.24) is 20.2 Å². The van der Waals surface area contributed by atoms with Crippen molar-refractivity contribution in [3.63, 3.8) is 0 Å². The van der Waals surface area contributed by atoms with Crippen LogP contribution in [0.1, 0.15) is 37.5 Å². The number of aromatic nitrogens is 3. The van der Waals surface area contributed by atoms with Crippen LogP contribution < -0.4 is 10.2 Å². The van der Waals surface area contributed by atoms with Crippen LogP contribution in [-0.2, 0) is 10.2 Å². The lowest BCUT2D eigenvalue weighted by Gasteiger charge is -2.19. The number of ether oxygens (including phenoxy) is 1. The minimum absolute atomic E-state index is 0.00251. The van der Waals surface area contributed by atoms with Gasteiger partial charge in [0.05, 0.1) is 23.5 Å². The molecule has 0 aliphatic carbocycles. The first-order valence-electron chi connectivity index (χ1n) is 12.2. The van der Waals surface area contributed by atoms with Gasteiger partial charge in [-0.15, -0.1) is 10.2 Å². The fourth-order valence-corrected chi connectivity index (χ4v) is 4.97. The molecule has 0 saturated heterocycles. The van der Waals surface area contributed by atoms with E-state index in [-0.39, 0.29) is 22.8 Å². The highest BCUT2D eigenvalue weighted by molar-refractivity contribution is 9.10. The molecule has 0 aliphatic heterocycles. The summed E-state index contributed by atoms with van der Waals surface area (Å²) in [5, 5.41) is 23.5. The molecule has 1 aromatic heterocycles. The van der Waals surface area contributed by atoms with Crippen LogP contribution in [0.2, 0.25) is 0 Å². The van der Waals surface area contributed by atoms with Gasteiger partial charge in [0.2, 0.25) is 0 Å². The van der Waals surface area contributed by atoms with Crippen molar-refractivity contribution in [2.45, 2.75) is 38.3 Å². The third-order valence-electron chi connectivity index (χ3n) is 5.94. The van der Waals surface area contributed by atoms with Crippen molar-refractivity contribution in [1.29, 1.82) is 0 Å². The van der Waals surface area contributed by atoms with E-state index in [0.29, 0.717) is 26.8 Å². The first-order valence-corrected chi connectivity index (χ1v) is 14.0. The Balaban J connectivity index is 1.52. The van der Waals surface area contributed by atoms with Gasteiger partial charge >= 0.3 is 0 Å². The van der Waals surface area contributed by atoms with E-state index in [0.717, 1.165) is 16.8 Å². The molecule has 1 heterocycles. The van der Waals surface area contributed by atoms with Crippen molar-refractivity contribution in [3.8, 4) is 28.6 Å². The first-order chi connectivity index (χ1) is 18.6. The van der Waals surface area contributed by atoms with E-state index in [1.807, 2.05) is 35.8 Å². The molecule has 0 spiro atoms. The molecule has 0 saturated carbocycles. The molecule has 0 unspecified atom stereocenters. The van der Waals surface area contributed by atoms with Crippen molar-refractivity contribution < 1.29 is 14.6 Å². The number of phenolic OH excluding ortho intramolecular Hbond substituents is 1. The normalized spacial score (nSPS) is 11.6.